The van der Waals surface area contributed by atoms with Crippen LogP contribution in [0.3, 0.4) is 0 Å². The number of likely N-dealkylation sites (N-methyl/N-ethyl adjacent to an activating group) is 1. The average Bonchev–Trinajstić information content (AvgIpc) is 2.48. The smallest absolute Gasteiger partial charge is 0.241 e. The molecule has 104 valence electrons. The van der Waals surface area contributed by atoms with Gasteiger partial charge in [-0.05, 0) is 31.7 Å². The van der Waals surface area contributed by atoms with Crippen LogP contribution in [-0.2, 0) is 11.3 Å². The molecular formula is C17H20N2O. The van der Waals surface area contributed by atoms with Gasteiger partial charge >= 0.3 is 0 Å². The number of carbonyl (C=O) groups is 1. The summed E-state index contributed by atoms with van der Waals surface area (Å²) in [6.07, 6.45) is 0. The van der Waals surface area contributed by atoms with Crippen molar-refractivity contribution in [1.82, 2.24) is 4.90 Å². The molecule has 1 atom stereocenters. The van der Waals surface area contributed by atoms with Crippen molar-refractivity contribution < 1.29 is 4.79 Å². The first-order valence-electron chi connectivity index (χ1n) is 6.77. The van der Waals surface area contributed by atoms with E-state index in [0.717, 1.165) is 12.2 Å². The Balaban J connectivity index is 1.93. The van der Waals surface area contributed by atoms with Gasteiger partial charge in [-0.1, -0.05) is 48.5 Å². The first-order valence-corrected chi connectivity index (χ1v) is 6.77. The van der Waals surface area contributed by atoms with Gasteiger partial charge in [-0.15, -0.1) is 0 Å². The Morgan fingerprint density at radius 3 is 2.20 bits per heavy atom. The molecule has 0 saturated carbocycles. The minimum atomic E-state index is -0.185. The molecular weight excluding hydrogens is 248 g/mol. The van der Waals surface area contributed by atoms with Crippen molar-refractivity contribution in [1.29, 1.82) is 0 Å². The van der Waals surface area contributed by atoms with Gasteiger partial charge in [-0.3, -0.25) is 9.69 Å². The highest BCUT2D eigenvalue weighted by Gasteiger charge is 2.18. The van der Waals surface area contributed by atoms with E-state index in [0.29, 0.717) is 0 Å². The predicted molar refractivity (Wildman–Crippen MR) is 82.4 cm³/mol. The van der Waals surface area contributed by atoms with E-state index in [9.17, 15) is 4.79 Å². The van der Waals surface area contributed by atoms with Crippen molar-refractivity contribution in [3.63, 3.8) is 0 Å². The Labute approximate surface area is 120 Å². The Bertz CT molecular complexity index is 539. The van der Waals surface area contributed by atoms with Crippen LogP contribution in [0.15, 0.2) is 60.7 Å². The van der Waals surface area contributed by atoms with E-state index in [1.165, 1.54) is 5.56 Å². The van der Waals surface area contributed by atoms with Crippen LogP contribution in [0.1, 0.15) is 12.5 Å². The van der Waals surface area contributed by atoms with Crippen LogP contribution < -0.4 is 5.32 Å². The maximum atomic E-state index is 12.2. The molecule has 2 rings (SSSR count). The van der Waals surface area contributed by atoms with Gasteiger partial charge in [0.1, 0.15) is 0 Å². The topological polar surface area (TPSA) is 32.3 Å². The van der Waals surface area contributed by atoms with E-state index in [1.54, 1.807) is 0 Å². The number of benzene rings is 2. The third-order valence-corrected chi connectivity index (χ3v) is 3.36. The summed E-state index contributed by atoms with van der Waals surface area (Å²) >= 11 is 0. The fourth-order valence-electron chi connectivity index (χ4n) is 1.98. The lowest BCUT2D eigenvalue weighted by atomic mass is 10.2. The molecule has 1 N–H and O–H groups in total. The number of para-hydroxylation sites is 1. The number of anilines is 1. The fraction of sp³-hybridized carbons (Fsp3) is 0.235. The van der Waals surface area contributed by atoms with Crippen molar-refractivity contribution in [2.75, 3.05) is 12.4 Å². The van der Waals surface area contributed by atoms with E-state index in [-0.39, 0.29) is 11.9 Å². The lowest BCUT2D eigenvalue weighted by Gasteiger charge is -2.24. The second-order valence-electron chi connectivity index (χ2n) is 4.93. The highest BCUT2D eigenvalue weighted by Crippen LogP contribution is 2.10. The summed E-state index contributed by atoms with van der Waals surface area (Å²) in [6.45, 7) is 2.67. The van der Waals surface area contributed by atoms with Gasteiger partial charge in [-0.25, -0.2) is 0 Å². The fourth-order valence-corrected chi connectivity index (χ4v) is 1.98. The first-order chi connectivity index (χ1) is 9.66. The van der Waals surface area contributed by atoms with Crippen LogP contribution in [0.4, 0.5) is 5.69 Å². The minimum Gasteiger partial charge on any atom is -0.325 e. The van der Waals surface area contributed by atoms with Crippen LogP contribution in [0.2, 0.25) is 0 Å². The average molecular weight is 268 g/mol. The van der Waals surface area contributed by atoms with E-state index < -0.39 is 0 Å². The van der Waals surface area contributed by atoms with Crippen molar-refractivity contribution in [2.45, 2.75) is 19.5 Å². The van der Waals surface area contributed by atoms with Crippen molar-refractivity contribution in [3.8, 4) is 0 Å². The van der Waals surface area contributed by atoms with E-state index in [4.69, 9.17) is 0 Å². The summed E-state index contributed by atoms with van der Waals surface area (Å²) in [5.41, 5.74) is 2.03. The Morgan fingerprint density at radius 1 is 1.05 bits per heavy atom. The van der Waals surface area contributed by atoms with Crippen molar-refractivity contribution in [2.24, 2.45) is 0 Å². The Hall–Kier alpha value is -2.13. The summed E-state index contributed by atoms with van der Waals surface area (Å²) in [7, 11) is 1.96. The molecule has 2 aromatic rings. The van der Waals surface area contributed by atoms with Gasteiger partial charge in [0, 0.05) is 12.2 Å². The number of amides is 1. The summed E-state index contributed by atoms with van der Waals surface area (Å²) in [5, 5.41) is 2.93. The Kier molecular flexibility index (Phi) is 4.91. The second kappa shape index (κ2) is 6.87. The van der Waals surface area contributed by atoms with Gasteiger partial charge in [0.2, 0.25) is 5.91 Å². The van der Waals surface area contributed by atoms with Crippen LogP contribution in [0.25, 0.3) is 0 Å². The molecule has 0 aliphatic heterocycles. The molecule has 0 aromatic heterocycles. The number of rotatable bonds is 5. The Morgan fingerprint density at radius 2 is 1.60 bits per heavy atom. The molecule has 0 aliphatic rings. The van der Waals surface area contributed by atoms with Crippen LogP contribution in [0, 0.1) is 0 Å². The van der Waals surface area contributed by atoms with Gasteiger partial charge in [0.05, 0.1) is 6.04 Å². The summed E-state index contributed by atoms with van der Waals surface area (Å²) in [6, 6.07) is 19.5. The van der Waals surface area contributed by atoms with Gasteiger partial charge < -0.3 is 5.32 Å². The first kappa shape index (κ1) is 14.3. The quantitative estimate of drug-likeness (QED) is 0.903. The molecule has 0 heterocycles. The number of hydrogen-bond donors (Lipinski definition) is 1. The second-order valence-corrected chi connectivity index (χ2v) is 4.93. The van der Waals surface area contributed by atoms with E-state index in [2.05, 4.69) is 17.4 Å². The predicted octanol–water partition coefficient (Wildman–Crippen LogP) is 3.15. The number of carbonyl (C=O) groups excluding carboxylic acids is 1. The highest BCUT2D eigenvalue weighted by atomic mass is 16.2. The maximum Gasteiger partial charge on any atom is 0.241 e. The molecule has 0 bridgehead atoms. The third-order valence-electron chi connectivity index (χ3n) is 3.36. The van der Waals surface area contributed by atoms with Gasteiger partial charge in [0.25, 0.3) is 0 Å². The largest absolute Gasteiger partial charge is 0.325 e. The normalized spacial score (nSPS) is 12.2. The molecule has 0 spiro atoms. The van der Waals surface area contributed by atoms with Crippen LogP contribution in [-0.4, -0.2) is 23.9 Å². The third kappa shape index (κ3) is 3.93. The van der Waals surface area contributed by atoms with Gasteiger partial charge in [0.15, 0.2) is 0 Å². The molecule has 2 aromatic carbocycles. The lowest BCUT2D eigenvalue weighted by Crippen LogP contribution is -2.39. The zero-order valence-corrected chi connectivity index (χ0v) is 11.9. The molecule has 0 unspecified atom stereocenters. The summed E-state index contributed by atoms with van der Waals surface area (Å²) < 4.78 is 0. The van der Waals surface area contributed by atoms with Crippen LogP contribution in [0.5, 0.6) is 0 Å². The highest BCUT2D eigenvalue weighted by molar-refractivity contribution is 5.94. The van der Waals surface area contributed by atoms with Crippen molar-refractivity contribution >= 4 is 11.6 Å². The molecule has 0 aliphatic carbocycles. The number of nitrogens with zero attached hydrogens (tertiary/aromatic N) is 1. The van der Waals surface area contributed by atoms with E-state index in [1.807, 2.05) is 67.4 Å². The summed E-state index contributed by atoms with van der Waals surface area (Å²) in [4.78, 5) is 14.2. The number of nitrogens with one attached hydrogen (secondary N) is 1. The minimum absolute atomic E-state index is 0.00892. The zero-order valence-electron chi connectivity index (χ0n) is 11.9. The van der Waals surface area contributed by atoms with E-state index >= 15 is 0 Å². The monoisotopic (exact) mass is 268 g/mol. The molecule has 3 nitrogen and oxygen atoms in total. The SMILES string of the molecule is C[C@H](C(=O)Nc1ccccc1)N(C)Cc1ccccc1. The molecule has 20 heavy (non-hydrogen) atoms. The summed E-state index contributed by atoms with van der Waals surface area (Å²) in [5.74, 6) is 0.00892. The van der Waals surface area contributed by atoms with Crippen LogP contribution >= 0.6 is 0 Å². The van der Waals surface area contributed by atoms with Gasteiger partial charge in [-0.2, -0.15) is 0 Å². The lowest BCUT2D eigenvalue weighted by molar-refractivity contribution is -0.120. The standard InChI is InChI=1S/C17H20N2O/c1-14(17(20)18-16-11-7-4-8-12-16)19(2)13-15-9-5-3-6-10-15/h3-12,14H,13H2,1-2H3,(H,18,20)/t14-/m1/s1. The molecule has 1 amide bonds. The molecule has 0 radical (unpaired) electrons. The molecule has 0 fully saturated rings. The zero-order chi connectivity index (χ0) is 14.4. The maximum absolute atomic E-state index is 12.2. The molecule has 3 heteroatoms. The van der Waals surface area contributed by atoms with Crippen molar-refractivity contribution in [3.05, 3.63) is 66.2 Å². The number of hydrogen-bond acceptors (Lipinski definition) is 2. The molecule has 0 saturated heterocycles.